The molecule has 0 spiro atoms. The van der Waals surface area contributed by atoms with Gasteiger partial charge in [0.05, 0.1) is 17.1 Å². The molecule has 0 radical (unpaired) electrons. The molecule has 0 aliphatic carbocycles. The van der Waals surface area contributed by atoms with Gasteiger partial charge in [-0.05, 0) is 186 Å². The first-order chi connectivity index (χ1) is 46.4. The summed E-state index contributed by atoms with van der Waals surface area (Å²) in [7, 11) is 0. The molecule has 20 rings (SSSR count). The van der Waals surface area contributed by atoms with Crippen LogP contribution in [-0.2, 0) is 0 Å². The second-order valence-electron chi connectivity index (χ2n) is 23.9. The van der Waals surface area contributed by atoms with Gasteiger partial charge in [-0.25, -0.2) is 0 Å². The van der Waals surface area contributed by atoms with Crippen LogP contribution in [0.2, 0.25) is 0 Å². The average Bonchev–Trinajstić information content (AvgIpc) is 1.27. The fourth-order valence-corrected chi connectivity index (χ4v) is 15.2. The Bertz CT molecular complexity index is 5820. The Kier molecular flexibility index (Phi) is 13.4. The number of fused-ring (bicyclic) bond motifs is 9. The fraction of sp³-hybridized carbons (Fsp3) is 0. The van der Waals surface area contributed by atoms with E-state index >= 15 is 0 Å². The minimum atomic E-state index is 0.872. The average molecular weight is 1340 g/mol. The number of hydrogen-bond acceptors (Lipinski definition) is 6. The van der Waals surface area contributed by atoms with Crippen molar-refractivity contribution in [1.82, 2.24) is 0 Å². The predicted octanol–water partition coefficient (Wildman–Crippen LogP) is 26.8. The molecule has 0 saturated carbocycles. The number of benzene rings is 17. The highest BCUT2D eigenvalue weighted by atomic mass is 79.9. The van der Waals surface area contributed by atoms with Crippen LogP contribution in [0.15, 0.2) is 338 Å². The van der Waals surface area contributed by atoms with Crippen LogP contribution in [0.5, 0.6) is 0 Å². The molecule has 0 fully saturated rings. The lowest BCUT2D eigenvalue weighted by atomic mass is 9.92. The zero-order valence-electron chi connectivity index (χ0n) is 50.4. The molecule has 6 nitrogen and oxygen atoms in total. The van der Waals surface area contributed by atoms with Crippen molar-refractivity contribution in [3.8, 4) is 0 Å². The Balaban J connectivity index is 0.000000137. The molecule has 1 N–H and O–H groups in total. The summed E-state index contributed by atoms with van der Waals surface area (Å²) in [5.41, 5.74) is 13.7. The van der Waals surface area contributed by atoms with Gasteiger partial charge in [-0.1, -0.05) is 226 Å². The molecular weight excluding hydrogens is 1280 g/mol. The number of furan rings is 3. The molecule has 0 unspecified atom stereocenters. The standard InChI is InChI=1S/C52H32N2O2.C18H13NO.C16H8Br2/c1-3-13-37(14-4-1)53(45-21-11-19-43-41-17-7-9-23-47(41)55-51(43)45)39-29-33-25-27-35-31-40(32-36-28-26-34(30-39)49(33)50(35)36)54(38-15-5-2-6-16-38)46-22-12-20-44-42-18-8-10-24-48(42)56-52(44)46;1-2-7-13(8-3-1)19-16-11-6-10-15-14-9-4-5-12-17(14)20-18(15)16;17-13-5-9-1-2-10-6-14(18)8-12-4-3-11(7-13)15(9)16(10)12/h1-32H;1-12,19H;1-8H. The molecular formula is C86H53Br2N3O3. The normalized spacial score (nSPS) is 11.7. The molecule has 0 amide bonds. The van der Waals surface area contributed by atoms with E-state index in [2.05, 4.69) is 284 Å². The van der Waals surface area contributed by atoms with Crippen LogP contribution in [0.25, 0.3) is 130 Å². The van der Waals surface area contributed by atoms with E-state index in [0.29, 0.717) is 0 Å². The number of hydrogen-bond donors (Lipinski definition) is 1. The molecule has 444 valence electrons. The van der Waals surface area contributed by atoms with Crippen molar-refractivity contribution in [2.24, 2.45) is 0 Å². The van der Waals surface area contributed by atoms with Gasteiger partial charge in [0.2, 0.25) is 0 Å². The van der Waals surface area contributed by atoms with Crippen LogP contribution in [0.1, 0.15) is 0 Å². The summed E-state index contributed by atoms with van der Waals surface area (Å²) in [5.74, 6) is 0. The molecule has 0 saturated heterocycles. The minimum absolute atomic E-state index is 0.872. The third kappa shape index (κ3) is 9.52. The maximum absolute atomic E-state index is 6.59. The van der Waals surface area contributed by atoms with Crippen LogP contribution in [0.4, 0.5) is 45.5 Å². The second-order valence-corrected chi connectivity index (χ2v) is 25.7. The molecule has 8 heteroatoms. The van der Waals surface area contributed by atoms with E-state index in [9.17, 15) is 0 Å². The van der Waals surface area contributed by atoms with Gasteiger partial charge in [0, 0.05) is 69.7 Å². The minimum Gasteiger partial charge on any atom is -0.454 e. The van der Waals surface area contributed by atoms with E-state index in [1.54, 1.807) is 0 Å². The van der Waals surface area contributed by atoms with Gasteiger partial charge in [0.1, 0.15) is 16.7 Å². The van der Waals surface area contributed by atoms with Gasteiger partial charge < -0.3 is 28.4 Å². The zero-order chi connectivity index (χ0) is 62.4. The molecule has 0 aliphatic rings. The van der Waals surface area contributed by atoms with Crippen molar-refractivity contribution in [2.45, 2.75) is 0 Å². The van der Waals surface area contributed by atoms with Gasteiger partial charge >= 0.3 is 0 Å². The van der Waals surface area contributed by atoms with E-state index in [-0.39, 0.29) is 0 Å². The Morgan fingerprint density at radius 2 is 0.543 bits per heavy atom. The highest BCUT2D eigenvalue weighted by Gasteiger charge is 2.24. The molecule has 0 bridgehead atoms. The van der Waals surface area contributed by atoms with Crippen LogP contribution in [0, 0.1) is 0 Å². The van der Waals surface area contributed by atoms with E-state index < -0.39 is 0 Å². The van der Waals surface area contributed by atoms with Crippen LogP contribution in [-0.4, -0.2) is 0 Å². The van der Waals surface area contributed by atoms with Gasteiger partial charge in [0.25, 0.3) is 0 Å². The monoisotopic (exact) mass is 1330 g/mol. The number of nitrogens with one attached hydrogen (secondary N) is 1. The second kappa shape index (κ2) is 22.8. The van der Waals surface area contributed by atoms with Crippen molar-refractivity contribution in [2.75, 3.05) is 15.1 Å². The summed E-state index contributed by atoms with van der Waals surface area (Å²) >= 11 is 7.16. The summed E-state index contributed by atoms with van der Waals surface area (Å²) in [6, 6.07) is 111. The highest BCUT2D eigenvalue weighted by Crippen LogP contribution is 2.49. The number of nitrogens with zero attached hydrogens (tertiary/aromatic N) is 2. The van der Waals surface area contributed by atoms with Crippen LogP contribution < -0.4 is 15.1 Å². The number of para-hydroxylation sites is 9. The van der Waals surface area contributed by atoms with E-state index in [4.69, 9.17) is 13.3 Å². The first-order valence-electron chi connectivity index (χ1n) is 31.4. The molecule has 0 aliphatic heterocycles. The smallest absolute Gasteiger partial charge is 0.159 e. The lowest BCUT2D eigenvalue weighted by Crippen LogP contribution is -2.10. The SMILES string of the molecule is Brc1cc2ccc3cc(Br)cc4ccc(c1)c2c34.c1ccc(N(c2cc3ccc4cc(N(c5ccccc5)c5cccc6c5oc5ccccc56)cc5ccc(c2)c3c45)c2cccc3c2oc2ccccc23)cc1.c1ccc(Nc2cccc3c2oc2ccccc23)cc1. The maximum Gasteiger partial charge on any atom is 0.159 e. The summed E-state index contributed by atoms with van der Waals surface area (Å²) < 4.78 is 21.4. The lowest BCUT2D eigenvalue weighted by molar-refractivity contribution is 0.668. The fourth-order valence-electron chi connectivity index (χ4n) is 14.2. The zero-order valence-corrected chi connectivity index (χ0v) is 53.6. The van der Waals surface area contributed by atoms with Crippen LogP contribution >= 0.6 is 31.9 Å². The lowest BCUT2D eigenvalue weighted by Gasteiger charge is -2.27. The molecule has 94 heavy (non-hydrogen) atoms. The largest absolute Gasteiger partial charge is 0.454 e. The summed E-state index contributed by atoms with van der Waals surface area (Å²) in [6.45, 7) is 0. The molecule has 3 aromatic heterocycles. The van der Waals surface area contributed by atoms with Crippen LogP contribution in [0.3, 0.4) is 0 Å². The number of halogens is 2. The number of rotatable bonds is 8. The molecule has 17 aromatic carbocycles. The summed E-state index contributed by atoms with van der Waals surface area (Å²) in [4.78, 5) is 4.65. The van der Waals surface area contributed by atoms with Gasteiger partial charge in [0.15, 0.2) is 16.7 Å². The van der Waals surface area contributed by atoms with Crippen molar-refractivity contribution in [3.05, 3.63) is 324 Å². The Morgan fingerprint density at radius 3 is 0.926 bits per heavy atom. The molecule has 3 heterocycles. The van der Waals surface area contributed by atoms with Gasteiger partial charge in [-0.3, -0.25) is 0 Å². The van der Waals surface area contributed by atoms with E-state index in [1.165, 1.54) is 64.6 Å². The Labute approximate surface area is 556 Å². The van der Waals surface area contributed by atoms with Crippen molar-refractivity contribution in [3.63, 3.8) is 0 Å². The topological polar surface area (TPSA) is 57.9 Å². The van der Waals surface area contributed by atoms with Crippen molar-refractivity contribution in [1.29, 1.82) is 0 Å². The summed E-state index contributed by atoms with van der Waals surface area (Å²) in [6.07, 6.45) is 0. The third-order valence-electron chi connectivity index (χ3n) is 18.2. The van der Waals surface area contributed by atoms with E-state index in [1.807, 2.05) is 78.9 Å². The highest BCUT2D eigenvalue weighted by molar-refractivity contribution is 9.10. The third-order valence-corrected chi connectivity index (χ3v) is 19.1. The predicted molar refractivity (Wildman–Crippen MR) is 403 cm³/mol. The first kappa shape index (κ1) is 55.4. The summed E-state index contributed by atoms with van der Waals surface area (Å²) in [5, 5.41) is 25.3. The maximum atomic E-state index is 6.59. The molecule has 20 aromatic rings. The first-order valence-corrected chi connectivity index (χ1v) is 33.0. The quantitative estimate of drug-likeness (QED) is 0.153. The Hall–Kier alpha value is -11.4. The number of anilines is 8. The van der Waals surface area contributed by atoms with Crippen molar-refractivity contribution < 1.29 is 13.3 Å². The Morgan fingerprint density at radius 1 is 0.245 bits per heavy atom. The van der Waals surface area contributed by atoms with E-state index in [0.717, 1.165) is 120 Å². The molecule has 0 atom stereocenters. The van der Waals surface area contributed by atoms with Gasteiger partial charge in [-0.15, -0.1) is 0 Å². The van der Waals surface area contributed by atoms with Gasteiger partial charge in [-0.2, -0.15) is 0 Å². The van der Waals surface area contributed by atoms with Crippen molar-refractivity contribution >= 4 is 208 Å².